The highest BCUT2D eigenvalue weighted by molar-refractivity contribution is 6.33. The molecule has 0 aliphatic heterocycles. The summed E-state index contributed by atoms with van der Waals surface area (Å²) in [7, 11) is 0. The van der Waals surface area contributed by atoms with E-state index in [4.69, 9.17) is 11.6 Å². The molecule has 1 amide bonds. The molecule has 0 saturated heterocycles. The molecular weight excluding hydrogens is 346 g/mol. The molecule has 0 spiro atoms. The fourth-order valence-electron chi connectivity index (χ4n) is 2.88. The largest absolute Gasteiger partial charge is 0.345 e. The Morgan fingerprint density at radius 3 is 2.42 bits per heavy atom. The standard InChI is InChI=1S/C21H22ClN3O/c1-14-9-11-17(12-10-14)13-25-20(22)19(16(3)24-25)21(26)23-15(2)18-7-5-4-6-8-18/h4-12,15H,13H2,1-3H3,(H,23,26)/t15-/m1/s1. The van der Waals surface area contributed by atoms with Gasteiger partial charge in [-0.3, -0.25) is 4.79 Å². The van der Waals surface area contributed by atoms with Crippen molar-refractivity contribution >= 4 is 17.5 Å². The van der Waals surface area contributed by atoms with Crippen LogP contribution in [0.15, 0.2) is 54.6 Å². The maximum Gasteiger partial charge on any atom is 0.256 e. The molecule has 3 rings (SSSR count). The van der Waals surface area contributed by atoms with Crippen LogP contribution in [0.3, 0.4) is 0 Å². The van der Waals surface area contributed by atoms with E-state index in [2.05, 4.69) is 22.5 Å². The lowest BCUT2D eigenvalue weighted by Gasteiger charge is -2.14. The molecule has 1 N–H and O–H groups in total. The minimum atomic E-state index is -0.209. The van der Waals surface area contributed by atoms with Crippen LogP contribution >= 0.6 is 11.6 Å². The predicted molar refractivity (Wildman–Crippen MR) is 105 cm³/mol. The molecule has 0 radical (unpaired) electrons. The van der Waals surface area contributed by atoms with E-state index >= 15 is 0 Å². The smallest absolute Gasteiger partial charge is 0.256 e. The molecule has 4 nitrogen and oxygen atoms in total. The number of carbonyl (C=O) groups excluding carboxylic acids is 1. The van der Waals surface area contributed by atoms with Gasteiger partial charge >= 0.3 is 0 Å². The van der Waals surface area contributed by atoms with Gasteiger partial charge in [0.1, 0.15) is 5.15 Å². The zero-order valence-electron chi connectivity index (χ0n) is 15.2. The summed E-state index contributed by atoms with van der Waals surface area (Å²) in [4.78, 5) is 12.7. The summed E-state index contributed by atoms with van der Waals surface area (Å²) in [6.07, 6.45) is 0. The van der Waals surface area contributed by atoms with Gasteiger partial charge in [0.05, 0.1) is 23.8 Å². The molecule has 0 aliphatic rings. The van der Waals surface area contributed by atoms with Gasteiger partial charge in [0.25, 0.3) is 5.91 Å². The summed E-state index contributed by atoms with van der Waals surface area (Å²) in [6, 6.07) is 17.9. The van der Waals surface area contributed by atoms with Crippen LogP contribution in [0.2, 0.25) is 5.15 Å². The lowest BCUT2D eigenvalue weighted by atomic mass is 10.1. The highest BCUT2D eigenvalue weighted by Gasteiger charge is 2.22. The van der Waals surface area contributed by atoms with Crippen LogP contribution in [-0.4, -0.2) is 15.7 Å². The Labute approximate surface area is 158 Å². The first-order chi connectivity index (χ1) is 12.5. The number of benzene rings is 2. The van der Waals surface area contributed by atoms with E-state index in [9.17, 15) is 4.79 Å². The second-order valence-electron chi connectivity index (χ2n) is 6.50. The van der Waals surface area contributed by atoms with E-state index in [-0.39, 0.29) is 11.9 Å². The minimum Gasteiger partial charge on any atom is -0.345 e. The summed E-state index contributed by atoms with van der Waals surface area (Å²) >= 11 is 6.47. The monoisotopic (exact) mass is 367 g/mol. The zero-order valence-corrected chi connectivity index (χ0v) is 15.9. The maximum atomic E-state index is 12.7. The lowest BCUT2D eigenvalue weighted by Crippen LogP contribution is -2.27. The van der Waals surface area contributed by atoms with E-state index < -0.39 is 0 Å². The average molecular weight is 368 g/mol. The molecule has 0 aliphatic carbocycles. The molecule has 2 aromatic carbocycles. The predicted octanol–water partition coefficient (Wildman–Crippen LogP) is 4.69. The molecule has 1 aromatic heterocycles. The van der Waals surface area contributed by atoms with Gasteiger partial charge in [0, 0.05) is 0 Å². The number of hydrogen-bond donors (Lipinski definition) is 1. The van der Waals surface area contributed by atoms with E-state index in [1.54, 1.807) is 11.6 Å². The molecule has 1 atom stereocenters. The second-order valence-corrected chi connectivity index (χ2v) is 6.86. The number of rotatable bonds is 5. The molecule has 1 heterocycles. The molecular formula is C21H22ClN3O. The highest BCUT2D eigenvalue weighted by Crippen LogP contribution is 2.22. The third kappa shape index (κ3) is 3.97. The Hall–Kier alpha value is -2.59. The zero-order chi connectivity index (χ0) is 18.7. The Balaban J connectivity index is 1.78. The molecule has 5 heteroatoms. The SMILES string of the molecule is Cc1ccc(Cn2nc(C)c(C(=O)N[C@H](C)c3ccccc3)c2Cl)cc1. The molecule has 0 bridgehead atoms. The number of halogens is 1. The van der Waals surface area contributed by atoms with Crippen LogP contribution in [0.4, 0.5) is 0 Å². The van der Waals surface area contributed by atoms with Crippen LogP contribution in [-0.2, 0) is 6.54 Å². The summed E-state index contributed by atoms with van der Waals surface area (Å²) in [5, 5.41) is 7.82. The summed E-state index contributed by atoms with van der Waals surface area (Å²) < 4.78 is 1.67. The number of aromatic nitrogens is 2. The van der Waals surface area contributed by atoms with Crippen molar-refractivity contribution in [1.29, 1.82) is 0 Å². The van der Waals surface area contributed by atoms with Crippen LogP contribution in [0.5, 0.6) is 0 Å². The number of nitrogens with one attached hydrogen (secondary N) is 1. The van der Waals surface area contributed by atoms with Crippen LogP contribution in [0.25, 0.3) is 0 Å². The number of carbonyl (C=O) groups is 1. The Bertz CT molecular complexity index is 901. The van der Waals surface area contributed by atoms with Gasteiger partial charge in [-0.15, -0.1) is 0 Å². The van der Waals surface area contributed by atoms with Crippen LogP contribution < -0.4 is 5.32 Å². The summed E-state index contributed by atoms with van der Waals surface area (Å²) in [5.41, 5.74) is 4.39. The first kappa shape index (κ1) is 18.2. The van der Waals surface area contributed by atoms with E-state index in [1.807, 2.05) is 56.3 Å². The number of hydrogen-bond acceptors (Lipinski definition) is 2. The van der Waals surface area contributed by atoms with Gasteiger partial charge in [-0.05, 0) is 31.9 Å². The van der Waals surface area contributed by atoms with Crippen molar-refractivity contribution in [3.63, 3.8) is 0 Å². The lowest BCUT2D eigenvalue weighted by molar-refractivity contribution is 0.0939. The molecule has 0 fully saturated rings. The van der Waals surface area contributed by atoms with E-state index in [1.165, 1.54) is 5.56 Å². The van der Waals surface area contributed by atoms with Crippen LogP contribution in [0.1, 0.15) is 45.7 Å². The fourth-order valence-corrected chi connectivity index (χ4v) is 3.20. The number of nitrogens with zero attached hydrogens (tertiary/aromatic N) is 2. The summed E-state index contributed by atoms with van der Waals surface area (Å²) in [5.74, 6) is -0.209. The molecule has 26 heavy (non-hydrogen) atoms. The van der Waals surface area contributed by atoms with Gasteiger partial charge in [-0.25, -0.2) is 4.68 Å². The Morgan fingerprint density at radius 2 is 1.77 bits per heavy atom. The first-order valence-electron chi connectivity index (χ1n) is 8.60. The Morgan fingerprint density at radius 1 is 1.12 bits per heavy atom. The van der Waals surface area contributed by atoms with Crippen molar-refractivity contribution in [3.05, 3.63) is 87.7 Å². The van der Waals surface area contributed by atoms with Gasteiger partial charge in [-0.2, -0.15) is 5.10 Å². The van der Waals surface area contributed by atoms with Crippen molar-refractivity contribution in [3.8, 4) is 0 Å². The Kier molecular flexibility index (Phi) is 5.43. The van der Waals surface area contributed by atoms with Gasteiger partial charge in [-0.1, -0.05) is 71.8 Å². The van der Waals surface area contributed by atoms with Crippen molar-refractivity contribution < 1.29 is 4.79 Å². The van der Waals surface area contributed by atoms with Crippen molar-refractivity contribution in [1.82, 2.24) is 15.1 Å². The molecule has 0 unspecified atom stereocenters. The van der Waals surface area contributed by atoms with Crippen molar-refractivity contribution in [2.75, 3.05) is 0 Å². The second kappa shape index (κ2) is 7.75. The van der Waals surface area contributed by atoms with Gasteiger partial charge < -0.3 is 5.32 Å². The number of aryl methyl sites for hydroxylation is 2. The van der Waals surface area contributed by atoms with Crippen molar-refractivity contribution in [2.45, 2.75) is 33.4 Å². The van der Waals surface area contributed by atoms with E-state index in [0.29, 0.717) is 23.0 Å². The summed E-state index contributed by atoms with van der Waals surface area (Å²) in [6.45, 7) is 6.33. The quantitative estimate of drug-likeness (QED) is 0.710. The normalized spacial score (nSPS) is 12.0. The van der Waals surface area contributed by atoms with Crippen LogP contribution in [0, 0.1) is 13.8 Å². The molecule has 134 valence electrons. The number of amides is 1. The fraction of sp³-hybridized carbons (Fsp3) is 0.238. The minimum absolute atomic E-state index is 0.111. The van der Waals surface area contributed by atoms with Gasteiger partial charge in [0.15, 0.2) is 0 Å². The highest BCUT2D eigenvalue weighted by atomic mass is 35.5. The van der Waals surface area contributed by atoms with Gasteiger partial charge in [0.2, 0.25) is 0 Å². The van der Waals surface area contributed by atoms with Crippen molar-refractivity contribution in [2.24, 2.45) is 0 Å². The topological polar surface area (TPSA) is 46.9 Å². The third-order valence-electron chi connectivity index (χ3n) is 4.39. The maximum absolute atomic E-state index is 12.7. The first-order valence-corrected chi connectivity index (χ1v) is 8.97. The van der Waals surface area contributed by atoms with E-state index in [0.717, 1.165) is 11.1 Å². The molecule has 0 saturated carbocycles. The average Bonchev–Trinajstić information content (AvgIpc) is 2.91. The molecule has 3 aromatic rings. The third-order valence-corrected chi connectivity index (χ3v) is 4.78.